The average molecular weight is 390 g/mol. The van der Waals surface area contributed by atoms with Gasteiger partial charge < -0.3 is 15.0 Å². The van der Waals surface area contributed by atoms with Gasteiger partial charge in [0.1, 0.15) is 0 Å². The molecule has 0 bridgehead atoms. The predicted molar refractivity (Wildman–Crippen MR) is 96.6 cm³/mol. The van der Waals surface area contributed by atoms with Crippen molar-refractivity contribution in [3.63, 3.8) is 0 Å². The molecule has 25 heavy (non-hydrogen) atoms. The number of halogens is 1. The van der Waals surface area contributed by atoms with Gasteiger partial charge >= 0.3 is 0 Å². The zero-order chi connectivity index (χ0) is 17.0. The lowest BCUT2D eigenvalue weighted by Gasteiger charge is -2.27. The van der Waals surface area contributed by atoms with Gasteiger partial charge in [0.15, 0.2) is 0 Å². The summed E-state index contributed by atoms with van der Waals surface area (Å²) in [6.07, 6.45) is 1.76. The number of nitrogens with zero attached hydrogens (tertiary/aromatic N) is 1. The van der Waals surface area contributed by atoms with Gasteiger partial charge in [-0.05, 0) is 31.0 Å². The minimum absolute atomic E-state index is 0. The van der Waals surface area contributed by atoms with Crippen molar-refractivity contribution in [2.24, 2.45) is 0 Å². The third-order valence-electron chi connectivity index (χ3n) is 4.32. The summed E-state index contributed by atoms with van der Waals surface area (Å²) in [4.78, 5) is 14.4. The highest BCUT2D eigenvalue weighted by molar-refractivity contribution is 7.89. The van der Waals surface area contributed by atoms with Crippen LogP contribution in [0.25, 0.3) is 0 Å². The van der Waals surface area contributed by atoms with E-state index in [1.807, 2.05) is 0 Å². The number of hydrogen-bond donors (Lipinski definition) is 2. The molecule has 0 aliphatic carbocycles. The molecule has 2 fully saturated rings. The first-order valence-corrected chi connectivity index (χ1v) is 9.76. The zero-order valence-electron chi connectivity index (χ0n) is 13.9. The standard InChI is InChI=1S/C16H23N3O4S.ClH/c20-16(19-8-6-17-7-9-19)13-3-1-5-15(11-13)24(21,22)18-12-14-4-2-10-23-14;/h1,3,5,11,14,17-18H,2,4,6-10,12H2;1H. The van der Waals surface area contributed by atoms with Crippen LogP contribution in [0, 0.1) is 0 Å². The summed E-state index contributed by atoms with van der Waals surface area (Å²) >= 11 is 0. The lowest BCUT2D eigenvalue weighted by atomic mass is 10.2. The van der Waals surface area contributed by atoms with Gasteiger partial charge in [-0.25, -0.2) is 13.1 Å². The van der Waals surface area contributed by atoms with Crippen LogP contribution in [0.3, 0.4) is 0 Å². The highest BCUT2D eigenvalue weighted by Gasteiger charge is 2.23. The predicted octanol–water partition coefficient (Wildman–Crippen LogP) is 0.611. The molecule has 3 rings (SSSR count). The Bertz CT molecular complexity index is 686. The summed E-state index contributed by atoms with van der Waals surface area (Å²) in [5.41, 5.74) is 0.400. The van der Waals surface area contributed by atoms with Crippen molar-refractivity contribution in [2.75, 3.05) is 39.3 Å². The summed E-state index contributed by atoms with van der Waals surface area (Å²) in [5, 5.41) is 3.19. The summed E-state index contributed by atoms with van der Waals surface area (Å²) in [6, 6.07) is 6.22. The molecule has 2 saturated heterocycles. The fourth-order valence-corrected chi connectivity index (χ4v) is 4.05. The number of carbonyl (C=O) groups excluding carboxylic acids is 1. The minimum atomic E-state index is -3.65. The van der Waals surface area contributed by atoms with E-state index in [-0.39, 0.29) is 35.9 Å². The Morgan fingerprint density at radius 1 is 1.32 bits per heavy atom. The van der Waals surface area contributed by atoms with Crippen LogP contribution in [-0.4, -0.2) is 64.7 Å². The van der Waals surface area contributed by atoms with E-state index in [0.717, 1.165) is 25.9 Å². The number of piperazine rings is 1. The van der Waals surface area contributed by atoms with Gasteiger partial charge in [-0.15, -0.1) is 12.4 Å². The molecule has 0 saturated carbocycles. The van der Waals surface area contributed by atoms with Crippen molar-refractivity contribution >= 4 is 28.3 Å². The third-order valence-corrected chi connectivity index (χ3v) is 5.74. The van der Waals surface area contributed by atoms with Crippen LogP contribution < -0.4 is 10.0 Å². The van der Waals surface area contributed by atoms with Crippen LogP contribution in [0.1, 0.15) is 23.2 Å². The van der Waals surface area contributed by atoms with Crippen LogP contribution in [0.5, 0.6) is 0 Å². The summed E-state index contributed by atoms with van der Waals surface area (Å²) < 4.78 is 32.9. The van der Waals surface area contributed by atoms with Gasteiger partial charge in [0.25, 0.3) is 5.91 Å². The Morgan fingerprint density at radius 2 is 2.08 bits per heavy atom. The fourth-order valence-electron chi connectivity index (χ4n) is 2.94. The van der Waals surface area contributed by atoms with Crippen molar-refractivity contribution in [3.05, 3.63) is 29.8 Å². The van der Waals surface area contributed by atoms with E-state index in [2.05, 4.69) is 10.0 Å². The molecule has 2 N–H and O–H groups in total. The minimum Gasteiger partial charge on any atom is -0.377 e. The van der Waals surface area contributed by atoms with Crippen LogP contribution >= 0.6 is 12.4 Å². The van der Waals surface area contributed by atoms with E-state index in [9.17, 15) is 13.2 Å². The molecular weight excluding hydrogens is 366 g/mol. The molecule has 1 unspecified atom stereocenters. The summed E-state index contributed by atoms with van der Waals surface area (Å²) in [5.74, 6) is -0.132. The fraction of sp³-hybridized carbons (Fsp3) is 0.562. The number of sulfonamides is 1. The molecule has 0 radical (unpaired) electrons. The Balaban J connectivity index is 0.00000225. The van der Waals surface area contributed by atoms with Crippen LogP contribution in [0.15, 0.2) is 29.2 Å². The van der Waals surface area contributed by atoms with Crippen LogP contribution in [0.4, 0.5) is 0 Å². The lowest BCUT2D eigenvalue weighted by molar-refractivity contribution is 0.0735. The number of hydrogen-bond acceptors (Lipinski definition) is 5. The molecule has 1 amide bonds. The van der Waals surface area contributed by atoms with Crippen LogP contribution in [0.2, 0.25) is 0 Å². The number of amides is 1. The smallest absolute Gasteiger partial charge is 0.253 e. The van der Waals surface area contributed by atoms with Crippen LogP contribution in [-0.2, 0) is 14.8 Å². The second-order valence-electron chi connectivity index (χ2n) is 6.06. The number of nitrogens with one attached hydrogen (secondary N) is 2. The molecular formula is C16H24ClN3O4S. The number of benzene rings is 1. The largest absolute Gasteiger partial charge is 0.377 e. The zero-order valence-corrected chi connectivity index (χ0v) is 15.6. The van der Waals surface area contributed by atoms with Crippen molar-refractivity contribution < 1.29 is 17.9 Å². The second-order valence-corrected chi connectivity index (χ2v) is 7.82. The van der Waals surface area contributed by atoms with E-state index in [1.54, 1.807) is 17.0 Å². The first-order valence-electron chi connectivity index (χ1n) is 8.27. The summed E-state index contributed by atoms with van der Waals surface area (Å²) in [6.45, 7) is 3.72. The molecule has 2 aliphatic rings. The van der Waals surface area contributed by atoms with Gasteiger partial charge in [0, 0.05) is 44.9 Å². The number of carbonyl (C=O) groups is 1. The topological polar surface area (TPSA) is 87.7 Å². The Hall–Kier alpha value is -1.19. The first kappa shape index (κ1) is 20.1. The van der Waals surface area contributed by atoms with E-state index < -0.39 is 10.0 Å². The number of ether oxygens (including phenoxy) is 1. The van der Waals surface area contributed by atoms with Gasteiger partial charge in [-0.3, -0.25) is 4.79 Å². The third kappa shape index (κ3) is 5.15. The van der Waals surface area contributed by atoms with E-state index in [1.165, 1.54) is 12.1 Å². The lowest BCUT2D eigenvalue weighted by Crippen LogP contribution is -2.46. The molecule has 1 aromatic rings. The molecule has 0 aromatic heterocycles. The Labute approximate surface area is 154 Å². The Kier molecular flexibility index (Phi) is 7.21. The molecule has 2 aliphatic heterocycles. The van der Waals surface area contributed by atoms with Gasteiger partial charge in [-0.1, -0.05) is 6.07 Å². The van der Waals surface area contributed by atoms with E-state index in [0.29, 0.717) is 25.3 Å². The highest BCUT2D eigenvalue weighted by atomic mass is 35.5. The van der Waals surface area contributed by atoms with Crippen molar-refractivity contribution in [1.29, 1.82) is 0 Å². The maximum absolute atomic E-state index is 12.5. The monoisotopic (exact) mass is 389 g/mol. The maximum Gasteiger partial charge on any atom is 0.253 e. The number of rotatable bonds is 5. The van der Waals surface area contributed by atoms with Gasteiger partial charge in [0.05, 0.1) is 11.0 Å². The van der Waals surface area contributed by atoms with E-state index in [4.69, 9.17) is 4.74 Å². The van der Waals surface area contributed by atoms with E-state index >= 15 is 0 Å². The SMILES string of the molecule is Cl.O=C(c1cccc(S(=O)(=O)NCC2CCCO2)c1)N1CCNCC1. The van der Waals surface area contributed by atoms with Crippen molar-refractivity contribution in [2.45, 2.75) is 23.8 Å². The van der Waals surface area contributed by atoms with Crippen molar-refractivity contribution in [1.82, 2.24) is 14.9 Å². The summed E-state index contributed by atoms with van der Waals surface area (Å²) in [7, 11) is -3.65. The normalized spacial score (nSPS) is 21.0. The first-order chi connectivity index (χ1) is 11.6. The van der Waals surface area contributed by atoms with Gasteiger partial charge in [-0.2, -0.15) is 0 Å². The van der Waals surface area contributed by atoms with Crippen molar-refractivity contribution in [3.8, 4) is 0 Å². The van der Waals surface area contributed by atoms with Gasteiger partial charge in [0.2, 0.25) is 10.0 Å². The molecule has 1 atom stereocenters. The molecule has 2 heterocycles. The molecule has 1 aromatic carbocycles. The quantitative estimate of drug-likeness (QED) is 0.770. The molecule has 7 nitrogen and oxygen atoms in total. The molecule has 9 heteroatoms. The second kappa shape index (κ2) is 8.95. The average Bonchev–Trinajstić information content (AvgIpc) is 3.14. The highest BCUT2D eigenvalue weighted by Crippen LogP contribution is 2.15. The molecule has 140 valence electrons. The molecule has 0 spiro atoms. The Morgan fingerprint density at radius 3 is 2.76 bits per heavy atom. The maximum atomic E-state index is 12.5.